The van der Waals surface area contributed by atoms with E-state index < -0.39 is 0 Å². The van der Waals surface area contributed by atoms with Gasteiger partial charge in [0.2, 0.25) is 0 Å². The zero-order chi connectivity index (χ0) is 18.9. The van der Waals surface area contributed by atoms with E-state index in [0.29, 0.717) is 11.2 Å². The van der Waals surface area contributed by atoms with Crippen LogP contribution in [0, 0.1) is 27.1 Å². The minimum Gasteiger partial charge on any atom is -0.299 e. The molecular formula is C22H42O. The van der Waals surface area contributed by atoms with Crippen molar-refractivity contribution in [2.45, 2.75) is 95.9 Å². The molecule has 0 bridgehead atoms. The number of hydrogen-bond donors (Lipinski definition) is 0. The van der Waals surface area contributed by atoms with Crippen LogP contribution in [0.1, 0.15) is 95.9 Å². The van der Waals surface area contributed by atoms with E-state index in [2.05, 4.69) is 74.5 Å². The predicted octanol–water partition coefficient (Wildman–Crippen LogP) is 7.06. The standard InChI is InChI=1S/C22H42O/c1-18(2,3)14-13-15-21(9,10)22(11,12)16-20(7,8)17(23)19(4,5)6/h13,15H,14,16H2,1-12H3. The lowest BCUT2D eigenvalue weighted by molar-refractivity contribution is -0.137. The normalized spacial score (nSPS) is 15.3. The molecule has 0 spiro atoms. The van der Waals surface area contributed by atoms with Crippen molar-refractivity contribution in [2.75, 3.05) is 0 Å². The molecule has 0 unspecified atom stereocenters. The Kier molecular flexibility index (Phi) is 6.56. The van der Waals surface area contributed by atoms with Crippen molar-refractivity contribution >= 4 is 5.78 Å². The monoisotopic (exact) mass is 322 g/mol. The Morgan fingerprint density at radius 3 is 1.57 bits per heavy atom. The summed E-state index contributed by atoms with van der Waals surface area (Å²) in [5.74, 6) is 0.354. The van der Waals surface area contributed by atoms with E-state index in [1.807, 2.05) is 20.8 Å². The number of allylic oxidation sites excluding steroid dienone is 2. The van der Waals surface area contributed by atoms with Crippen molar-refractivity contribution in [2.24, 2.45) is 27.1 Å². The zero-order valence-electron chi connectivity index (χ0n) is 18.0. The Morgan fingerprint density at radius 2 is 1.22 bits per heavy atom. The molecule has 0 radical (unpaired) electrons. The Bertz CT molecular complexity index is 434. The quantitative estimate of drug-likeness (QED) is 0.478. The summed E-state index contributed by atoms with van der Waals surface area (Å²) in [6.45, 7) is 26.3. The average Bonchev–Trinajstić information content (AvgIpc) is 2.22. The van der Waals surface area contributed by atoms with E-state index in [-0.39, 0.29) is 21.7 Å². The van der Waals surface area contributed by atoms with Crippen molar-refractivity contribution in [1.82, 2.24) is 0 Å². The van der Waals surface area contributed by atoms with E-state index in [1.54, 1.807) is 0 Å². The largest absolute Gasteiger partial charge is 0.299 e. The molecule has 1 heteroatoms. The molecule has 0 aromatic heterocycles. The fourth-order valence-electron chi connectivity index (χ4n) is 3.36. The average molecular weight is 323 g/mol. The molecule has 0 aliphatic heterocycles. The first-order valence-corrected chi connectivity index (χ1v) is 9.05. The topological polar surface area (TPSA) is 17.1 Å². The summed E-state index contributed by atoms with van der Waals surface area (Å²) in [6.07, 6.45) is 6.65. The Labute approximate surface area is 146 Å². The van der Waals surface area contributed by atoms with Gasteiger partial charge in [0.25, 0.3) is 0 Å². The second-order valence-electron chi connectivity index (χ2n) is 11.4. The van der Waals surface area contributed by atoms with Gasteiger partial charge in [0.05, 0.1) is 0 Å². The van der Waals surface area contributed by atoms with Crippen LogP contribution in [0.2, 0.25) is 0 Å². The highest BCUT2D eigenvalue weighted by molar-refractivity contribution is 5.88. The summed E-state index contributed by atoms with van der Waals surface area (Å²) in [5, 5.41) is 0. The number of carbonyl (C=O) groups is 1. The van der Waals surface area contributed by atoms with Gasteiger partial charge in [-0.2, -0.15) is 0 Å². The number of carbonyl (C=O) groups excluding carboxylic acids is 1. The lowest BCUT2D eigenvalue weighted by Gasteiger charge is -2.45. The minimum atomic E-state index is -0.309. The van der Waals surface area contributed by atoms with Gasteiger partial charge in [-0.15, -0.1) is 0 Å². The molecule has 0 aromatic carbocycles. The molecule has 0 heterocycles. The molecule has 1 nitrogen and oxygen atoms in total. The number of hydrogen-bond acceptors (Lipinski definition) is 1. The second kappa shape index (κ2) is 6.73. The highest BCUT2D eigenvalue weighted by Gasteiger charge is 2.44. The van der Waals surface area contributed by atoms with Crippen LogP contribution in [0.4, 0.5) is 0 Å². The van der Waals surface area contributed by atoms with Gasteiger partial charge >= 0.3 is 0 Å². The van der Waals surface area contributed by atoms with Gasteiger partial charge < -0.3 is 0 Å². The molecule has 23 heavy (non-hydrogen) atoms. The Balaban J connectivity index is 5.27. The summed E-state index contributed by atoms with van der Waals surface area (Å²) in [4.78, 5) is 12.8. The third-order valence-electron chi connectivity index (χ3n) is 5.19. The van der Waals surface area contributed by atoms with Crippen LogP contribution in [0.3, 0.4) is 0 Å². The maximum Gasteiger partial charge on any atom is 0.143 e. The van der Waals surface area contributed by atoms with Crippen LogP contribution in [-0.4, -0.2) is 5.78 Å². The van der Waals surface area contributed by atoms with Gasteiger partial charge in [-0.1, -0.05) is 95.2 Å². The molecule has 0 aliphatic rings. The van der Waals surface area contributed by atoms with E-state index >= 15 is 0 Å². The highest BCUT2D eigenvalue weighted by Crippen LogP contribution is 2.49. The van der Waals surface area contributed by atoms with Crippen molar-refractivity contribution in [3.63, 3.8) is 0 Å². The van der Waals surface area contributed by atoms with Crippen LogP contribution in [0.15, 0.2) is 12.2 Å². The Morgan fingerprint density at radius 1 is 0.783 bits per heavy atom. The molecule has 0 fully saturated rings. The lowest BCUT2D eigenvalue weighted by Crippen LogP contribution is -2.42. The fraction of sp³-hybridized carbons (Fsp3) is 0.864. The van der Waals surface area contributed by atoms with Gasteiger partial charge in [-0.3, -0.25) is 4.79 Å². The van der Waals surface area contributed by atoms with Crippen LogP contribution in [-0.2, 0) is 4.79 Å². The molecular weight excluding hydrogens is 280 g/mol. The van der Waals surface area contributed by atoms with Gasteiger partial charge in [-0.05, 0) is 29.1 Å². The molecule has 0 aromatic rings. The second-order valence-corrected chi connectivity index (χ2v) is 11.4. The summed E-state index contributed by atoms with van der Waals surface area (Å²) < 4.78 is 0. The highest BCUT2D eigenvalue weighted by atomic mass is 16.1. The van der Waals surface area contributed by atoms with Crippen molar-refractivity contribution < 1.29 is 4.79 Å². The first-order chi connectivity index (χ1) is 9.82. The molecule has 0 aliphatic carbocycles. The summed E-state index contributed by atoms with van der Waals surface area (Å²) in [6, 6.07) is 0. The van der Waals surface area contributed by atoms with Crippen molar-refractivity contribution in [3.05, 3.63) is 12.2 Å². The van der Waals surface area contributed by atoms with Crippen LogP contribution >= 0.6 is 0 Å². The van der Waals surface area contributed by atoms with Crippen LogP contribution in [0.25, 0.3) is 0 Å². The number of ketones is 1. The van der Waals surface area contributed by atoms with Crippen molar-refractivity contribution in [3.8, 4) is 0 Å². The maximum atomic E-state index is 12.8. The summed E-state index contributed by atoms with van der Waals surface area (Å²) in [5.41, 5.74) is -0.180. The predicted molar refractivity (Wildman–Crippen MR) is 104 cm³/mol. The molecule has 0 saturated carbocycles. The van der Waals surface area contributed by atoms with Crippen molar-refractivity contribution in [1.29, 1.82) is 0 Å². The first kappa shape index (κ1) is 22.4. The molecule has 0 atom stereocenters. The third-order valence-corrected chi connectivity index (χ3v) is 5.19. The number of Topliss-reactive ketones (excluding diaryl/α,β-unsaturated/α-hetero) is 1. The molecule has 0 rings (SSSR count). The molecule has 0 amide bonds. The molecule has 136 valence electrons. The van der Waals surface area contributed by atoms with Gasteiger partial charge in [0.15, 0.2) is 0 Å². The van der Waals surface area contributed by atoms with E-state index in [1.165, 1.54) is 0 Å². The first-order valence-electron chi connectivity index (χ1n) is 9.05. The Hall–Kier alpha value is -0.590. The lowest BCUT2D eigenvalue weighted by atomic mass is 9.58. The van der Waals surface area contributed by atoms with Crippen LogP contribution < -0.4 is 0 Å². The zero-order valence-corrected chi connectivity index (χ0v) is 18.0. The minimum absolute atomic E-state index is 0.0474. The summed E-state index contributed by atoms with van der Waals surface area (Å²) in [7, 11) is 0. The van der Waals surface area contributed by atoms with Crippen LogP contribution in [0.5, 0.6) is 0 Å². The SMILES string of the molecule is CC(C)(C)CC=CC(C)(C)C(C)(C)CC(C)(C)C(=O)C(C)(C)C. The third kappa shape index (κ3) is 6.81. The van der Waals surface area contributed by atoms with Gasteiger partial charge in [-0.25, -0.2) is 0 Å². The van der Waals surface area contributed by atoms with E-state index in [0.717, 1.165) is 12.8 Å². The van der Waals surface area contributed by atoms with E-state index in [9.17, 15) is 4.79 Å². The van der Waals surface area contributed by atoms with E-state index in [4.69, 9.17) is 0 Å². The molecule has 0 N–H and O–H groups in total. The maximum absolute atomic E-state index is 12.8. The molecule has 0 saturated heterocycles. The fourth-order valence-corrected chi connectivity index (χ4v) is 3.36. The smallest absolute Gasteiger partial charge is 0.143 e. The van der Waals surface area contributed by atoms with Gasteiger partial charge in [0, 0.05) is 10.8 Å². The number of rotatable bonds is 6. The van der Waals surface area contributed by atoms with Gasteiger partial charge in [0.1, 0.15) is 5.78 Å². The summed E-state index contributed by atoms with van der Waals surface area (Å²) >= 11 is 0.